The van der Waals surface area contributed by atoms with Crippen molar-refractivity contribution in [3.63, 3.8) is 0 Å². The van der Waals surface area contributed by atoms with Gasteiger partial charge in [-0.2, -0.15) is 0 Å². The molecule has 7 heteroatoms. The van der Waals surface area contributed by atoms with Gasteiger partial charge in [-0.1, -0.05) is 97.9 Å². The average Bonchev–Trinajstić information content (AvgIpc) is 3.28. The Balaban J connectivity index is 1.44. The second-order valence-electron chi connectivity index (χ2n) is 9.37. The van der Waals surface area contributed by atoms with Crippen molar-refractivity contribution in [3.8, 4) is 0 Å². The molecular formula is C29H30N2O5. The Morgan fingerprint density at radius 1 is 0.917 bits per heavy atom. The molecule has 0 aromatic heterocycles. The highest BCUT2D eigenvalue weighted by Crippen LogP contribution is 2.41. The predicted molar refractivity (Wildman–Crippen MR) is 134 cm³/mol. The van der Waals surface area contributed by atoms with Crippen LogP contribution in [-0.2, 0) is 19.9 Å². The first kappa shape index (κ1) is 24.2. The van der Waals surface area contributed by atoms with Gasteiger partial charge in [0.25, 0.3) is 0 Å². The molecule has 0 saturated carbocycles. The van der Waals surface area contributed by atoms with E-state index in [1.54, 1.807) is 6.92 Å². The van der Waals surface area contributed by atoms with Crippen molar-refractivity contribution in [1.82, 2.24) is 10.2 Å². The standard InChI is InChI=1S/C29H30N2O5/c1-20-18-31(28(34)30-27(20)33)26-17-24(32)25(36-26)19-35-29(21-11-5-2-6-12-21,22-13-7-3-8-14-22)23-15-9-4-10-16-23/h2-16,20,24-26,32H,17-19H2,1H3,(H,30,33,34). The van der Waals surface area contributed by atoms with E-state index in [1.807, 2.05) is 91.0 Å². The first-order valence-corrected chi connectivity index (χ1v) is 12.2. The number of nitrogens with zero attached hydrogens (tertiary/aromatic N) is 1. The predicted octanol–water partition coefficient (Wildman–Crippen LogP) is 3.66. The number of hydrogen-bond donors (Lipinski definition) is 2. The van der Waals surface area contributed by atoms with E-state index in [2.05, 4.69) is 5.32 Å². The van der Waals surface area contributed by atoms with Crippen LogP contribution in [0.3, 0.4) is 0 Å². The Bertz CT molecular complexity index is 1090. The van der Waals surface area contributed by atoms with Crippen molar-refractivity contribution in [2.45, 2.75) is 37.4 Å². The maximum absolute atomic E-state index is 12.4. The third-order valence-corrected chi connectivity index (χ3v) is 6.97. The fraction of sp³-hybridized carbons (Fsp3) is 0.310. The van der Waals surface area contributed by atoms with Crippen LogP contribution in [0.15, 0.2) is 91.0 Å². The van der Waals surface area contributed by atoms with Gasteiger partial charge in [0.05, 0.1) is 18.6 Å². The highest BCUT2D eigenvalue weighted by atomic mass is 16.6. The lowest BCUT2D eigenvalue weighted by Gasteiger charge is -2.37. The Hall–Kier alpha value is -3.52. The largest absolute Gasteiger partial charge is 0.390 e. The molecule has 3 aromatic rings. The fourth-order valence-corrected chi connectivity index (χ4v) is 5.04. The van der Waals surface area contributed by atoms with Gasteiger partial charge in [-0.15, -0.1) is 0 Å². The second-order valence-corrected chi connectivity index (χ2v) is 9.37. The van der Waals surface area contributed by atoms with Crippen LogP contribution >= 0.6 is 0 Å². The molecule has 2 heterocycles. The van der Waals surface area contributed by atoms with Crippen LogP contribution in [0.5, 0.6) is 0 Å². The van der Waals surface area contributed by atoms with Crippen LogP contribution in [0, 0.1) is 5.92 Å². The molecule has 2 fully saturated rings. The molecule has 0 bridgehead atoms. The second kappa shape index (κ2) is 10.2. The number of rotatable bonds is 7. The molecule has 2 saturated heterocycles. The number of amides is 3. The van der Waals surface area contributed by atoms with Gasteiger partial charge in [-0.25, -0.2) is 4.79 Å². The smallest absolute Gasteiger partial charge is 0.326 e. The number of benzene rings is 3. The van der Waals surface area contributed by atoms with Gasteiger partial charge in [-0.3, -0.25) is 15.0 Å². The molecule has 3 amide bonds. The summed E-state index contributed by atoms with van der Waals surface area (Å²) in [5.74, 6) is -0.645. The van der Waals surface area contributed by atoms with Crippen LogP contribution in [-0.4, -0.2) is 53.5 Å². The molecule has 0 aliphatic carbocycles. The third-order valence-electron chi connectivity index (χ3n) is 6.97. The summed E-state index contributed by atoms with van der Waals surface area (Å²) >= 11 is 0. The number of hydrogen-bond acceptors (Lipinski definition) is 5. The van der Waals surface area contributed by atoms with Crippen LogP contribution in [0.4, 0.5) is 4.79 Å². The van der Waals surface area contributed by atoms with Gasteiger partial charge in [0.1, 0.15) is 17.9 Å². The first-order chi connectivity index (χ1) is 17.5. The number of imide groups is 1. The van der Waals surface area contributed by atoms with Gasteiger partial charge in [0, 0.05) is 13.0 Å². The SMILES string of the molecule is CC1CN(C2CC(O)C(COC(c3ccccc3)(c3ccccc3)c3ccccc3)O2)C(=O)NC1=O. The molecule has 2 aliphatic rings. The molecule has 3 aromatic carbocycles. The van der Waals surface area contributed by atoms with Crippen molar-refractivity contribution in [3.05, 3.63) is 108 Å². The van der Waals surface area contributed by atoms with E-state index in [0.717, 1.165) is 16.7 Å². The summed E-state index contributed by atoms with van der Waals surface area (Å²) in [6.45, 7) is 2.10. The normalized spacial score (nSPS) is 24.6. The van der Waals surface area contributed by atoms with Crippen molar-refractivity contribution < 1.29 is 24.2 Å². The molecule has 4 atom stereocenters. The molecule has 36 heavy (non-hydrogen) atoms. The van der Waals surface area contributed by atoms with Crippen LogP contribution in [0.2, 0.25) is 0 Å². The van der Waals surface area contributed by atoms with Crippen LogP contribution in [0.25, 0.3) is 0 Å². The lowest BCUT2D eigenvalue weighted by atomic mass is 9.80. The van der Waals surface area contributed by atoms with Crippen molar-refractivity contribution >= 4 is 11.9 Å². The van der Waals surface area contributed by atoms with Crippen molar-refractivity contribution in [2.24, 2.45) is 5.92 Å². The van der Waals surface area contributed by atoms with Gasteiger partial charge < -0.3 is 14.6 Å². The van der Waals surface area contributed by atoms with Gasteiger partial charge in [-0.05, 0) is 16.7 Å². The van der Waals surface area contributed by atoms with E-state index in [-0.39, 0.29) is 31.4 Å². The van der Waals surface area contributed by atoms with Gasteiger partial charge in [0.15, 0.2) is 0 Å². The summed E-state index contributed by atoms with van der Waals surface area (Å²) < 4.78 is 12.9. The molecule has 5 rings (SSSR count). The average molecular weight is 487 g/mol. The number of carbonyl (C=O) groups excluding carboxylic acids is 2. The van der Waals surface area contributed by atoms with E-state index < -0.39 is 30.1 Å². The minimum atomic E-state index is -0.936. The summed E-state index contributed by atoms with van der Waals surface area (Å²) in [6, 6.07) is 29.5. The number of aliphatic hydroxyl groups excluding tert-OH is 1. The number of aliphatic hydroxyl groups is 1. The minimum Gasteiger partial charge on any atom is -0.390 e. The Morgan fingerprint density at radius 2 is 1.42 bits per heavy atom. The Morgan fingerprint density at radius 3 is 1.92 bits per heavy atom. The molecule has 2 aliphatic heterocycles. The molecular weight excluding hydrogens is 456 g/mol. The van der Waals surface area contributed by atoms with E-state index >= 15 is 0 Å². The molecule has 0 radical (unpaired) electrons. The van der Waals surface area contributed by atoms with Crippen molar-refractivity contribution in [2.75, 3.05) is 13.2 Å². The van der Waals surface area contributed by atoms with E-state index in [1.165, 1.54) is 4.90 Å². The monoisotopic (exact) mass is 486 g/mol. The zero-order valence-corrected chi connectivity index (χ0v) is 20.1. The molecule has 0 spiro atoms. The van der Waals surface area contributed by atoms with E-state index in [0.29, 0.717) is 0 Å². The van der Waals surface area contributed by atoms with Gasteiger partial charge in [0.2, 0.25) is 5.91 Å². The third kappa shape index (κ3) is 4.53. The van der Waals surface area contributed by atoms with Crippen LogP contribution < -0.4 is 5.32 Å². The molecule has 4 unspecified atom stereocenters. The highest BCUT2D eigenvalue weighted by Gasteiger charge is 2.44. The number of urea groups is 1. The number of ether oxygens (including phenoxy) is 2. The lowest BCUT2D eigenvalue weighted by Crippen LogP contribution is -2.57. The highest BCUT2D eigenvalue weighted by molar-refractivity contribution is 5.97. The minimum absolute atomic E-state index is 0.0975. The zero-order valence-electron chi connectivity index (χ0n) is 20.1. The summed E-state index contributed by atoms with van der Waals surface area (Å²) in [6.07, 6.45) is -1.86. The molecule has 186 valence electrons. The lowest BCUT2D eigenvalue weighted by molar-refractivity contribution is -0.130. The van der Waals surface area contributed by atoms with E-state index in [9.17, 15) is 14.7 Å². The number of nitrogens with one attached hydrogen (secondary N) is 1. The maximum atomic E-state index is 12.4. The Labute approximate surface area is 210 Å². The zero-order chi connectivity index (χ0) is 25.1. The maximum Gasteiger partial charge on any atom is 0.326 e. The summed E-state index contributed by atoms with van der Waals surface area (Å²) in [5.41, 5.74) is 1.92. The Kier molecular flexibility index (Phi) is 6.87. The van der Waals surface area contributed by atoms with E-state index in [4.69, 9.17) is 9.47 Å². The summed E-state index contributed by atoms with van der Waals surface area (Å²) in [5, 5.41) is 13.2. The fourth-order valence-electron chi connectivity index (χ4n) is 5.04. The summed E-state index contributed by atoms with van der Waals surface area (Å²) in [4.78, 5) is 25.7. The van der Waals surface area contributed by atoms with Crippen LogP contribution in [0.1, 0.15) is 30.0 Å². The first-order valence-electron chi connectivity index (χ1n) is 12.2. The molecule has 2 N–H and O–H groups in total. The topological polar surface area (TPSA) is 88.1 Å². The van der Waals surface area contributed by atoms with Gasteiger partial charge >= 0.3 is 6.03 Å². The number of carbonyl (C=O) groups is 2. The summed E-state index contributed by atoms with van der Waals surface area (Å²) in [7, 11) is 0. The molecule has 7 nitrogen and oxygen atoms in total. The van der Waals surface area contributed by atoms with Crippen molar-refractivity contribution in [1.29, 1.82) is 0 Å². The quantitative estimate of drug-likeness (QED) is 0.498.